The molecule has 1 aliphatic heterocycles. The van der Waals surface area contributed by atoms with Crippen molar-refractivity contribution in [3.63, 3.8) is 0 Å². The van der Waals surface area contributed by atoms with Gasteiger partial charge in [-0.1, -0.05) is 0 Å². The third-order valence-corrected chi connectivity index (χ3v) is 3.32. The van der Waals surface area contributed by atoms with Gasteiger partial charge in [0.1, 0.15) is 5.82 Å². The smallest absolute Gasteiger partial charge is 0.227 e. The van der Waals surface area contributed by atoms with Crippen molar-refractivity contribution in [2.45, 2.75) is 19.4 Å². The maximum atomic E-state index is 12.2. The Morgan fingerprint density at radius 2 is 2.44 bits per heavy atom. The maximum Gasteiger partial charge on any atom is 0.227 e. The number of nitrogens with one attached hydrogen (secondary N) is 1. The molecule has 1 aliphatic rings. The van der Waals surface area contributed by atoms with Gasteiger partial charge in [0.05, 0.1) is 12.5 Å². The number of piperidine rings is 1. The quantitative estimate of drug-likeness (QED) is 0.886. The molecule has 1 fully saturated rings. The molecule has 1 atom stereocenters. The molecule has 102 valence electrons. The summed E-state index contributed by atoms with van der Waals surface area (Å²) in [5.74, 6) is 1.28. The molecule has 6 heteroatoms. The molecular formula is C12H21ClN4O. The number of rotatable bonds is 3. The number of nitrogens with zero attached hydrogens (tertiary/aromatic N) is 3. The normalized spacial score (nSPS) is 19.1. The molecule has 5 nitrogen and oxygen atoms in total. The second-order valence-electron chi connectivity index (χ2n) is 4.69. The van der Waals surface area contributed by atoms with E-state index in [9.17, 15) is 4.79 Å². The molecule has 2 heterocycles. The first-order valence-corrected chi connectivity index (χ1v) is 6.10. The Labute approximate surface area is 114 Å². The molecule has 0 aliphatic carbocycles. The molecule has 0 aromatic carbocycles. The number of halogens is 1. The first-order valence-electron chi connectivity index (χ1n) is 6.10. The van der Waals surface area contributed by atoms with E-state index in [4.69, 9.17) is 0 Å². The van der Waals surface area contributed by atoms with Gasteiger partial charge < -0.3 is 14.8 Å². The number of carbonyl (C=O) groups excluding carboxylic acids is 1. The summed E-state index contributed by atoms with van der Waals surface area (Å²) in [5.41, 5.74) is 0. The highest BCUT2D eigenvalue weighted by Gasteiger charge is 2.24. The third-order valence-electron chi connectivity index (χ3n) is 3.32. The van der Waals surface area contributed by atoms with Crippen LogP contribution in [0.5, 0.6) is 0 Å². The Kier molecular flexibility index (Phi) is 5.62. The lowest BCUT2D eigenvalue weighted by molar-refractivity contribution is -0.135. The minimum absolute atomic E-state index is 0. The third kappa shape index (κ3) is 3.46. The highest BCUT2D eigenvalue weighted by molar-refractivity contribution is 5.85. The molecule has 2 rings (SSSR count). The molecule has 0 saturated carbocycles. The average molecular weight is 273 g/mol. The van der Waals surface area contributed by atoms with Crippen LogP contribution in [0.1, 0.15) is 18.7 Å². The van der Waals surface area contributed by atoms with E-state index in [1.165, 1.54) is 0 Å². The lowest BCUT2D eigenvalue weighted by Crippen LogP contribution is -2.41. The van der Waals surface area contributed by atoms with Crippen molar-refractivity contribution >= 4 is 18.3 Å². The van der Waals surface area contributed by atoms with Gasteiger partial charge in [0.25, 0.3) is 0 Å². The van der Waals surface area contributed by atoms with Crippen molar-refractivity contribution in [2.24, 2.45) is 13.0 Å². The van der Waals surface area contributed by atoms with Crippen molar-refractivity contribution in [2.75, 3.05) is 20.1 Å². The van der Waals surface area contributed by atoms with Crippen LogP contribution >= 0.6 is 12.4 Å². The minimum atomic E-state index is 0. The van der Waals surface area contributed by atoms with Crippen LogP contribution < -0.4 is 5.32 Å². The monoisotopic (exact) mass is 272 g/mol. The van der Waals surface area contributed by atoms with Crippen molar-refractivity contribution in [3.05, 3.63) is 18.2 Å². The van der Waals surface area contributed by atoms with Crippen molar-refractivity contribution in [1.29, 1.82) is 0 Å². The second kappa shape index (κ2) is 6.75. The van der Waals surface area contributed by atoms with Gasteiger partial charge in [-0.25, -0.2) is 4.98 Å². The van der Waals surface area contributed by atoms with Gasteiger partial charge in [-0.15, -0.1) is 12.4 Å². The summed E-state index contributed by atoms with van der Waals surface area (Å²) in [7, 11) is 3.80. The zero-order valence-electron chi connectivity index (χ0n) is 10.9. The van der Waals surface area contributed by atoms with Crippen molar-refractivity contribution in [1.82, 2.24) is 19.8 Å². The van der Waals surface area contributed by atoms with Gasteiger partial charge in [-0.2, -0.15) is 0 Å². The van der Waals surface area contributed by atoms with Gasteiger partial charge in [0.15, 0.2) is 0 Å². The summed E-state index contributed by atoms with van der Waals surface area (Å²) in [6.45, 7) is 2.43. The Balaban J connectivity index is 0.00000162. The Morgan fingerprint density at radius 1 is 1.67 bits per heavy atom. The lowest BCUT2D eigenvalue weighted by Gasteiger charge is -2.26. The fourth-order valence-electron chi connectivity index (χ4n) is 2.21. The van der Waals surface area contributed by atoms with E-state index in [0.717, 1.165) is 31.8 Å². The van der Waals surface area contributed by atoms with Gasteiger partial charge in [-0.05, 0) is 19.4 Å². The van der Waals surface area contributed by atoms with Crippen molar-refractivity contribution < 1.29 is 4.79 Å². The Hall–Kier alpha value is -1.07. The predicted molar refractivity (Wildman–Crippen MR) is 72.5 cm³/mol. The van der Waals surface area contributed by atoms with E-state index in [1.54, 1.807) is 11.1 Å². The first-order chi connectivity index (χ1) is 8.18. The number of hydrogen-bond acceptors (Lipinski definition) is 3. The largest absolute Gasteiger partial charge is 0.338 e. The number of imidazole rings is 1. The fourth-order valence-corrected chi connectivity index (χ4v) is 2.21. The zero-order chi connectivity index (χ0) is 12.3. The summed E-state index contributed by atoms with van der Waals surface area (Å²) in [6, 6.07) is 0. The standard InChI is InChI=1S/C12H20N4O.ClH/c1-15-7-6-14-11(15)9-16(2)12(17)10-4-3-5-13-8-10;/h6-7,10,13H,3-5,8-9H2,1-2H3;1H/t10-;/m1./s1. The van der Waals surface area contributed by atoms with Gasteiger partial charge in [-0.3, -0.25) is 4.79 Å². The molecule has 0 bridgehead atoms. The van der Waals surface area contributed by atoms with Gasteiger partial charge in [0, 0.05) is 33.0 Å². The van der Waals surface area contributed by atoms with E-state index < -0.39 is 0 Å². The van der Waals surface area contributed by atoms with Gasteiger partial charge in [0.2, 0.25) is 5.91 Å². The number of aryl methyl sites for hydroxylation is 1. The van der Waals surface area contributed by atoms with Crippen LogP contribution in [-0.2, 0) is 18.4 Å². The van der Waals surface area contributed by atoms with E-state index >= 15 is 0 Å². The number of amides is 1. The highest BCUT2D eigenvalue weighted by atomic mass is 35.5. The van der Waals surface area contributed by atoms with Crippen molar-refractivity contribution in [3.8, 4) is 0 Å². The molecule has 1 N–H and O–H groups in total. The molecule has 1 amide bonds. The molecule has 18 heavy (non-hydrogen) atoms. The zero-order valence-corrected chi connectivity index (χ0v) is 11.7. The molecular weight excluding hydrogens is 252 g/mol. The SMILES string of the molecule is CN(Cc1nccn1C)C(=O)[C@@H]1CCCNC1.Cl. The molecule has 1 aromatic rings. The predicted octanol–water partition coefficient (Wildman–Crippen LogP) is 0.800. The maximum absolute atomic E-state index is 12.2. The summed E-state index contributed by atoms with van der Waals surface area (Å²) < 4.78 is 1.95. The second-order valence-corrected chi connectivity index (χ2v) is 4.69. The van der Waals surface area contributed by atoms with Crippen LogP contribution in [0.25, 0.3) is 0 Å². The van der Waals surface area contributed by atoms with E-state index in [1.807, 2.05) is 24.9 Å². The van der Waals surface area contributed by atoms with Crippen LogP contribution in [0.2, 0.25) is 0 Å². The van der Waals surface area contributed by atoms with E-state index in [-0.39, 0.29) is 24.2 Å². The van der Waals surface area contributed by atoms with E-state index in [2.05, 4.69) is 10.3 Å². The van der Waals surface area contributed by atoms with Crippen LogP contribution in [0, 0.1) is 5.92 Å². The molecule has 1 saturated heterocycles. The van der Waals surface area contributed by atoms with Gasteiger partial charge >= 0.3 is 0 Å². The first kappa shape index (κ1) is 15.0. The summed E-state index contributed by atoms with van der Waals surface area (Å²) >= 11 is 0. The van der Waals surface area contributed by atoms with E-state index in [0.29, 0.717) is 6.54 Å². The fraction of sp³-hybridized carbons (Fsp3) is 0.667. The number of carbonyl (C=O) groups is 1. The Bertz CT molecular complexity index is 387. The summed E-state index contributed by atoms with van der Waals surface area (Å²) in [5, 5.41) is 3.27. The lowest BCUT2D eigenvalue weighted by atomic mass is 9.98. The summed E-state index contributed by atoms with van der Waals surface area (Å²) in [6.07, 6.45) is 5.75. The number of hydrogen-bond donors (Lipinski definition) is 1. The topological polar surface area (TPSA) is 50.2 Å². The summed E-state index contributed by atoms with van der Waals surface area (Å²) in [4.78, 5) is 18.2. The van der Waals surface area contributed by atoms with Crippen LogP contribution in [0.3, 0.4) is 0 Å². The Morgan fingerprint density at radius 3 is 3.00 bits per heavy atom. The highest BCUT2D eigenvalue weighted by Crippen LogP contribution is 2.13. The molecule has 1 aromatic heterocycles. The van der Waals surface area contributed by atoms with Crippen LogP contribution in [-0.4, -0.2) is 40.5 Å². The molecule has 0 radical (unpaired) electrons. The minimum Gasteiger partial charge on any atom is -0.338 e. The average Bonchev–Trinajstić information content (AvgIpc) is 2.75. The number of aromatic nitrogens is 2. The molecule has 0 unspecified atom stereocenters. The molecule has 0 spiro atoms. The van der Waals surface area contributed by atoms with Crippen LogP contribution in [0.15, 0.2) is 12.4 Å². The van der Waals surface area contributed by atoms with Crippen LogP contribution in [0.4, 0.5) is 0 Å².